The summed E-state index contributed by atoms with van der Waals surface area (Å²) in [7, 11) is 0. The molecule has 0 aliphatic carbocycles. The molecule has 0 aromatic heterocycles. The largest absolute Gasteiger partial charge is 2.00 e. The number of hydrogen-bond donors (Lipinski definition) is 0. The smallest absolute Gasteiger partial charge is 0.873 e. The average molecular weight is 656 g/mol. The molecule has 4 nitrogen and oxygen atoms in total. The van der Waals surface area contributed by atoms with E-state index in [9.17, 15) is 10.2 Å². The first-order valence-electron chi connectivity index (χ1n) is 16.9. The van der Waals surface area contributed by atoms with Gasteiger partial charge in [-0.05, 0) is 130 Å². The maximum Gasteiger partial charge on any atom is 2.00 e. The van der Waals surface area contributed by atoms with Crippen LogP contribution in [-0.4, -0.2) is 11.9 Å². The molecule has 45 heavy (non-hydrogen) atoms. The van der Waals surface area contributed by atoms with Crippen LogP contribution in [0.25, 0.3) is 0 Å². The maximum atomic E-state index is 12.1. The number of aliphatic imine (C=N–C) groups is 2. The molecule has 0 atom stereocenters. The molecule has 0 bridgehead atoms. The van der Waals surface area contributed by atoms with Crippen molar-refractivity contribution in [3.05, 3.63) is 81.4 Å². The molecule has 0 aliphatic rings. The quantitative estimate of drug-likeness (QED) is 0.0929. The average Bonchev–Trinajstić information content (AvgIpc) is 2.96. The van der Waals surface area contributed by atoms with Gasteiger partial charge in [-0.3, -0.25) is 9.98 Å². The van der Waals surface area contributed by atoms with Crippen LogP contribution in [0.2, 0.25) is 0 Å². The SMILES string of the molecule is CCCCC(C=Nc1cc(C)cc(C)c1)=Nc1cc(C)cc(C)c1.CCCCCc1cc([O-])c([O-])c(CCCC)c1CCC.[Ni+2]. The molecule has 0 aliphatic heterocycles. The third-order valence-corrected chi connectivity index (χ3v) is 7.72. The van der Waals surface area contributed by atoms with E-state index >= 15 is 0 Å². The zero-order chi connectivity index (χ0) is 32.5. The van der Waals surface area contributed by atoms with E-state index in [4.69, 9.17) is 4.99 Å². The van der Waals surface area contributed by atoms with Crippen LogP contribution >= 0.6 is 0 Å². The third kappa shape index (κ3) is 14.4. The van der Waals surface area contributed by atoms with Crippen LogP contribution in [0.1, 0.15) is 124 Å². The molecule has 0 saturated carbocycles. The van der Waals surface area contributed by atoms with Crippen LogP contribution < -0.4 is 10.2 Å². The minimum absolute atomic E-state index is 0. The monoisotopic (exact) mass is 654 g/mol. The molecule has 3 aromatic rings. The van der Waals surface area contributed by atoms with Crippen LogP contribution in [0.4, 0.5) is 11.4 Å². The summed E-state index contributed by atoms with van der Waals surface area (Å²) in [6.07, 6.45) is 14.3. The minimum atomic E-state index is -0.303. The minimum Gasteiger partial charge on any atom is -0.873 e. The molecule has 5 heteroatoms. The van der Waals surface area contributed by atoms with E-state index in [2.05, 4.69) is 96.8 Å². The summed E-state index contributed by atoms with van der Waals surface area (Å²) in [6.45, 7) is 17.1. The molecular weight excluding hydrogens is 599 g/mol. The number of unbranched alkanes of at least 4 members (excludes halogenated alkanes) is 4. The van der Waals surface area contributed by atoms with Gasteiger partial charge in [0.25, 0.3) is 0 Å². The standard InChI is InChI=1S/C22H28N2.C18H30O2.Ni/c1-6-7-8-20(24-22-13-18(4)10-19(5)14-22)15-23-21-11-16(2)9-17(3)12-21;1-4-7-9-11-14-13-17(19)18(20)16(12-8-5-2)15(14)10-6-3;/h9-15H,6-8H2,1-5H3;13,19-20H,4-12H2,1-3H3;/q;;+2/p-2. The molecular formula is C40H56N2NiO2. The van der Waals surface area contributed by atoms with Crippen molar-refractivity contribution in [1.29, 1.82) is 0 Å². The van der Waals surface area contributed by atoms with Gasteiger partial charge in [0, 0.05) is 6.21 Å². The predicted molar refractivity (Wildman–Crippen MR) is 188 cm³/mol. The Bertz CT molecular complexity index is 1340. The third-order valence-electron chi connectivity index (χ3n) is 7.72. The fraction of sp³-hybridized carbons (Fsp3) is 0.500. The van der Waals surface area contributed by atoms with Gasteiger partial charge in [-0.2, -0.15) is 0 Å². The van der Waals surface area contributed by atoms with Crippen molar-refractivity contribution >= 4 is 23.3 Å². The molecule has 3 aromatic carbocycles. The fourth-order valence-corrected chi connectivity index (χ4v) is 5.62. The molecule has 0 heterocycles. The normalized spacial score (nSPS) is 11.3. The zero-order valence-electron chi connectivity index (χ0n) is 29.1. The van der Waals surface area contributed by atoms with Crippen molar-refractivity contribution in [3.8, 4) is 11.5 Å². The second-order valence-electron chi connectivity index (χ2n) is 12.3. The molecule has 0 saturated heterocycles. The molecule has 0 unspecified atom stereocenters. The number of hydrogen-bond acceptors (Lipinski definition) is 4. The van der Waals surface area contributed by atoms with Gasteiger partial charge in [0.1, 0.15) is 0 Å². The summed E-state index contributed by atoms with van der Waals surface area (Å²) in [6, 6.07) is 14.4. The summed E-state index contributed by atoms with van der Waals surface area (Å²) in [5.74, 6) is -0.552. The van der Waals surface area contributed by atoms with E-state index in [0.717, 1.165) is 92.4 Å². The van der Waals surface area contributed by atoms with Gasteiger partial charge in [-0.25, -0.2) is 0 Å². The van der Waals surface area contributed by atoms with Crippen molar-refractivity contribution in [2.75, 3.05) is 0 Å². The molecule has 3 rings (SSSR count). The predicted octanol–water partition coefficient (Wildman–Crippen LogP) is 10.4. The number of aryl methyl sites for hydroxylation is 5. The molecule has 0 fully saturated rings. The number of nitrogens with zero attached hydrogens (tertiary/aromatic N) is 2. The Balaban J connectivity index is 0.000000448. The van der Waals surface area contributed by atoms with Crippen LogP contribution in [0.15, 0.2) is 52.4 Å². The van der Waals surface area contributed by atoms with E-state index in [1.165, 1.54) is 40.7 Å². The van der Waals surface area contributed by atoms with Gasteiger partial charge in [0.15, 0.2) is 0 Å². The molecule has 0 radical (unpaired) electrons. The summed E-state index contributed by atoms with van der Waals surface area (Å²) in [5, 5.41) is 24.0. The second-order valence-corrected chi connectivity index (χ2v) is 12.3. The Morgan fingerprint density at radius 1 is 0.600 bits per heavy atom. The van der Waals surface area contributed by atoms with Gasteiger partial charge < -0.3 is 10.2 Å². The van der Waals surface area contributed by atoms with Crippen molar-refractivity contribution in [3.63, 3.8) is 0 Å². The summed E-state index contributed by atoms with van der Waals surface area (Å²) in [4.78, 5) is 9.51. The molecule has 248 valence electrons. The van der Waals surface area contributed by atoms with Crippen molar-refractivity contribution in [2.24, 2.45) is 9.98 Å². The Morgan fingerprint density at radius 3 is 1.69 bits per heavy atom. The van der Waals surface area contributed by atoms with E-state index < -0.39 is 0 Å². The first-order chi connectivity index (χ1) is 21.1. The van der Waals surface area contributed by atoms with Gasteiger partial charge in [-0.1, -0.05) is 83.6 Å². The molecule has 0 amide bonds. The molecule has 0 spiro atoms. The fourth-order valence-electron chi connectivity index (χ4n) is 5.62. The van der Waals surface area contributed by atoms with E-state index in [-0.39, 0.29) is 28.0 Å². The van der Waals surface area contributed by atoms with Crippen molar-refractivity contribution in [2.45, 2.75) is 132 Å². The van der Waals surface area contributed by atoms with E-state index in [1.54, 1.807) is 6.07 Å². The Labute approximate surface area is 284 Å². The van der Waals surface area contributed by atoms with Crippen molar-refractivity contribution < 1.29 is 26.7 Å². The van der Waals surface area contributed by atoms with Crippen LogP contribution in [0, 0.1) is 27.7 Å². The van der Waals surface area contributed by atoms with Gasteiger partial charge >= 0.3 is 16.5 Å². The van der Waals surface area contributed by atoms with Gasteiger partial charge in [0.05, 0.1) is 17.1 Å². The first-order valence-corrected chi connectivity index (χ1v) is 16.9. The number of rotatable bonds is 15. The second kappa shape index (κ2) is 21.8. The van der Waals surface area contributed by atoms with Crippen LogP contribution in [0.3, 0.4) is 0 Å². The zero-order valence-corrected chi connectivity index (χ0v) is 30.1. The maximum absolute atomic E-state index is 12.1. The summed E-state index contributed by atoms with van der Waals surface area (Å²) < 4.78 is 0. The first kappa shape index (κ1) is 40.1. The van der Waals surface area contributed by atoms with Gasteiger partial charge in [0.2, 0.25) is 0 Å². The molecule has 0 N–H and O–H groups in total. The van der Waals surface area contributed by atoms with E-state index in [1.807, 2.05) is 6.21 Å². The van der Waals surface area contributed by atoms with E-state index in [0.29, 0.717) is 0 Å². The van der Waals surface area contributed by atoms with Crippen LogP contribution in [-0.2, 0) is 35.8 Å². The summed E-state index contributed by atoms with van der Waals surface area (Å²) >= 11 is 0. The van der Waals surface area contributed by atoms with Gasteiger partial charge in [-0.15, -0.1) is 11.5 Å². The Kier molecular flexibility index (Phi) is 19.4. The Hall–Kier alpha value is -2.91. The number of benzene rings is 3. The van der Waals surface area contributed by atoms with Crippen LogP contribution in [0.5, 0.6) is 11.5 Å². The Morgan fingerprint density at radius 2 is 1.16 bits per heavy atom. The topological polar surface area (TPSA) is 70.8 Å². The summed E-state index contributed by atoms with van der Waals surface area (Å²) in [5.41, 5.74) is 11.2. The van der Waals surface area contributed by atoms with Crippen molar-refractivity contribution in [1.82, 2.24) is 0 Å².